The lowest BCUT2D eigenvalue weighted by Crippen LogP contribution is -2.16. The first kappa shape index (κ1) is 8.87. The molecule has 0 saturated carbocycles. The van der Waals surface area contributed by atoms with Crippen molar-refractivity contribution in [3.05, 3.63) is 0 Å². The van der Waals surface area contributed by atoms with Gasteiger partial charge in [-0.15, -0.1) is 0 Å². The number of unbranched alkanes of at least 4 members (excludes halogenated alkanes) is 1. The molecule has 0 aromatic carbocycles. The molecule has 0 aliphatic rings. The molecule has 0 aromatic heterocycles. The van der Waals surface area contributed by atoms with E-state index in [1.807, 2.05) is 0 Å². The maximum Gasteiger partial charge on any atom is 0.450 e. The predicted molar refractivity (Wildman–Crippen MR) is 39.0 cm³/mol. The van der Waals surface area contributed by atoms with Crippen LogP contribution < -0.4 is 0 Å². The highest BCUT2D eigenvalue weighted by Crippen LogP contribution is 1.96. The van der Waals surface area contributed by atoms with Crippen LogP contribution in [0.3, 0.4) is 0 Å². The van der Waals surface area contributed by atoms with Gasteiger partial charge >= 0.3 is 14.1 Å². The SMILES string of the molecule is CCC[CH2][Al]([CH]=O)[CH]=O. The Morgan fingerprint density at radius 1 is 1.33 bits per heavy atom. The van der Waals surface area contributed by atoms with Crippen LogP contribution >= 0.6 is 0 Å². The third-order valence-electron chi connectivity index (χ3n) is 1.24. The molecule has 0 spiro atoms. The van der Waals surface area contributed by atoms with E-state index in [9.17, 15) is 9.59 Å². The van der Waals surface area contributed by atoms with Crippen molar-refractivity contribution >= 4 is 24.4 Å². The maximum atomic E-state index is 10.1. The van der Waals surface area contributed by atoms with Gasteiger partial charge in [-0.25, -0.2) is 0 Å². The molecule has 3 heteroatoms. The van der Waals surface area contributed by atoms with Crippen molar-refractivity contribution in [3.63, 3.8) is 0 Å². The van der Waals surface area contributed by atoms with Crippen molar-refractivity contribution in [1.82, 2.24) is 0 Å². The molecular formula is C6H11AlO2. The summed E-state index contributed by atoms with van der Waals surface area (Å²) >= 11 is -1.57. The fourth-order valence-corrected chi connectivity index (χ4v) is 1.82. The van der Waals surface area contributed by atoms with Gasteiger partial charge in [-0.1, -0.05) is 25.0 Å². The average molecular weight is 142 g/mol. The molecule has 0 aromatic rings. The van der Waals surface area contributed by atoms with Crippen LogP contribution in [0.4, 0.5) is 0 Å². The topological polar surface area (TPSA) is 34.1 Å². The van der Waals surface area contributed by atoms with Crippen molar-refractivity contribution in [2.75, 3.05) is 0 Å². The molecule has 0 heterocycles. The van der Waals surface area contributed by atoms with E-state index in [1.165, 1.54) is 0 Å². The molecule has 0 amide bonds. The summed E-state index contributed by atoms with van der Waals surface area (Å²) in [5.41, 5.74) is 0. The molecule has 0 radical (unpaired) electrons. The summed E-state index contributed by atoms with van der Waals surface area (Å²) in [7, 11) is 0. The van der Waals surface area contributed by atoms with Gasteiger partial charge in [0.05, 0.1) is 10.3 Å². The van der Waals surface area contributed by atoms with Crippen molar-refractivity contribution < 1.29 is 9.59 Å². The molecular weight excluding hydrogens is 131 g/mol. The summed E-state index contributed by atoms with van der Waals surface area (Å²) in [5, 5.41) is 2.55. The monoisotopic (exact) mass is 142 g/mol. The average Bonchev–Trinajstić information content (AvgIpc) is 1.91. The summed E-state index contributed by atoms with van der Waals surface area (Å²) in [4.78, 5) is 20.1. The highest BCUT2D eigenvalue weighted by Gasteiger charge is 2.14. The van der Waals surface area contributed by atoms with Crippen LogP contribution in [0.15, 0.2) is 0 Å². The number of hydrogen-bond acceptors (Lipinski definition) is 2. The van der Waals surface area contributed by atoms with Crippen LogP contribution in [0.5, 0.6) is 0 Å². The fourth-order valence-electron chi connectivity index (χ4n) is 0.608. The molecule has 0 aliphatic carbocycles. The Hall–Kier alpha value is -0.128. The summed E-state index contributed by atoms with van der Waals surface area (Å²) < 4.78 is 0. The Kier molecular flexibility index (Phi) is 5.91. The Morgan fingerprint density at radius 3 is 2.22 bits per heavy atom. The number of rotatable bonds is 5. The van der Waals surface area contributed by atoms with Crippen LogP contribution in [0.1, 0.15) is 19.8 Å². The fraction of sp³-hybridized carbons (Fsp3) is 0.667. The van der Waals surface area contributed by atoms with E-state index in [0.717, 1.165) is 28.4 Å². The molecule has 0 fully saturated rings. The summed E-state index contributed by atoms with van der Waals surface area (Å²) in [6.45, 7) is 2.06. The third kappa shape index (κ3) is 4.38. The van der Waals surface area contributed by atoms with Crippen LogP contribution in [0.2, 0.25) is 5.28 Å². The lowest BCUT2D eigenvalue weighted by molar-refractivity contribution is 0.562. The number of hydrogen-bond donors (Lipinski definition) is 0. The van der Waals surface area contributed by atoms with Crippen molar-refractivity contribution in [1.29, 1.82) is 0 Å². The Morgan fingerprint density at radius 2 is 1.89 bits per heavy atom. The van der Waals surface area contributed by atoms with E-state index in [1.54, 1.807) is 0 Å². The van der Waals surface area contributed by atoms with E-state index in [0.29, 0.717) is 0 Å². The van der Waals surface area contributed by atoms with Gasteiger partial charge < -0.3 is 9.59 Å². The van der Waals surface area contributed by atoms with Crippen molar-refractivity contribution in [3.8, 4) is 0 Å². The van der Waals surface area contributed by atoms with Gasteiger partial charge in [0.25, 0.3) is 0 Å². The van der Waals surface area contributed by atoms with E-state index < -0.39 is 14.1 Å². The Balaban J connectivity index is 3.30. The molecule has 0 unspecified atom stereocenters. The second kappa shape index (κ2) is 6.00. The smallest absolute Gasteiger partial charge is 0.324 e. The molecule has 0 saturated heterocycles. The van der Waals surface area contributed by atoms with Gasteiger partial charge in [-0.2, -0.15) is 0 Å². The summed E-state index contributed by atoms with van der Waals surface area (Å²) in [5.74, 6) is 0. The van der Waals surface area contributed by atoms with Crippen molar-refractivity contribution in [2.24, 2.45) is 0 Å². The van der Waals surface area contributed by atoms with E-state index in [2.05, 4.69) is 6.92 Å². The van der Waals surface area contributed by atoms with Gasteiger partial charge in [0.1, 0.15) is 0 Å². The molecule has 0 atom stereocenters. The van der Waals surface area contributed by atoms with Gasteiger partial charge in [-0.3, -0.25) is 0 Å². The zero-order chi connectivity index (χ0) is 7.11. The zero-order valence-electron chi connectivity index (χ0n) is 5.67. The van der Waals surface area contributed by atoms with Gasteiger partial charge in [0.15, 0.2) is 0 Å². The highest BCUT2D eigenvalue weighted by molar-refractivity contribution is 7.03. The lowest BCUT2D eigenvalue weighted by Gasteiger charge is -1.90. The molecule has 50 valence electrons. The lowest BCUT2D eigenvalue weighted by atomic mass is 10.4. The number of carbonyl (C=O) groups is 2. The van der Waals surface area contributed by atoms with Crippen LogP contribution in [-0.4, -0.2) is 24.4 Å². The van der Waals surface area contributed by atoms with E-state index in [-0.39, 0.29) is 0 Å². The first-order valence-electron chi connectivity index (χ1n) is 3.25. The molecule has 0 aliphatic heterocycles. The van der Waals surface area contributed by atoms with Gasteiger partial charge in [0.2, 0.25) is 0 Å². The summed E-state index contributed by atoms with van der Waals surface area (Å²) in [6, 6.07) is 0. The standard InChI is InChI=1S/C4H9.2CHO.Al/c1-3-4-2;2*1-2;/h1,3-4H2,2H3;2*1H;. The minimum Gasteiger partial charge on any atom is -0.324 e. The predicted octanol–water partition coefficient (Wildman–Crippen LogP) is 0.825. The van der Waals surface area contributed by atoms with Gasteiger partial charge in [-0.05, 0) is 0 Å². The molecule has 9 heavy (non-hydrogen) atoms. The van der Waals surface area contributed by atoms with E-state index >= 15 is 0 Å². The van der Waals surface area contributed by atoms with Crippen LogP contribution in [0, 0.1) is 0 Å². The van der Waals surface area contributed by atoms with Crippen LogP contribution in [-0.2, 0) is 9.59 Å². The maximum absolute atomic E-state index is 10.1. The largest absolute Gasteiger partial charge is 0.450 e. The Bertz CT molecular complexity index is 85.1. The minimum atomic E-state index is -1.57. The Labute approximate surface area is 59.6 Å². The van der Waals surface area contributed by atoms with Gasteiger partial charge in [0, 0.05) is 0 Å². The van der Waals surface area contributed by atoms with Crippen LogP contribution in [0.25, 0.3) is 0 Å². The first-order valence-corrected chi connectivity index (χ1v) is 5.40. The molecule has 0 N–H and O–H groups in total. The second-order valence-electron chi connectivity index (χ2n) is 2.08. The zero-order valence-corrected chi connectivity index (χ0v) is 6.82. The number of carbonyl (C=O) groups excluding carboxylic acids is 2. The first-order chi connectivity index (χ1) is 4.35. The highest BCUT2D eigenvalue weighted by atomic mass is 27.2. The normalized spacial score (nSPS) is 8.56. The third-order valence-corrected chi connectivity index (χ3v) is 3.01. The summed E-state index contributed by atoms with van der Waals surface area (Å²) in [6.07, 6.45) is 2.10. The second-order valence-corrected chi connectivity index (χ2v) is 4.53. The quantitative estimate of drug-likeness (QED) is 0.420. The minimum absolute atomic E-state index is 0.850. The molecule has 0 rings (SSSR count). The van der Waals surface area contributed by atoms with E-state index in [4.69, 9.17) is 0 Å². The molecule has 0 bridgehead atoms. The van der Waals surface area contributed by atoms with Crippen molar-refractivity contribution in [2.45, 2.75) is 25.0 Å². The molecule has 2 nitrogen and oxygen atoms in total.